The third kappa shape index (κ3) is 7.51. The molecule has 1 rings (SSSR count). The van der Waals surface area contributed by atoms with Crippen molar-refractivity contribution in [2.45, 2.75) is 20.0 Å². The Labute approximate surface area is 230 Å². The van der Waals surface area contributed by atoms with Crippen molar-refractivity contribution in [2.24, 2.45) is 0 Å². The molecule has 9 nitrogen and oxygen atoms in total. The monoisotopic (exact) mass is 802 g/mol. The average Bonchev–Trinajstić information content (AvgIpc) is 2.67. The molecule has 0 aliphatic carbocycles. The molecule has 1 unspecified atom stereocenters. The number of likely N-dealkylation sites (N-methyl/N-ethyl adjacent to an activating group) is 1. The molecular formula is C19H18ClI3N2O7. The number of hydrogen-bond acceptors (Lipinski definition) is 7. The molecule has 0 aliphatic heterocycles. The molecule has 174 valence electrons. The van der Waals surface area contributed by atoms with Crippen molar-refractivity contribution in [3.63, 3.8) is 0 Å². The second-order valence-electron chi connectivity index (χ2n) is 6.20. The van der Waals surface area contributed by atoms with Gasteiger partial charge in [-0.3, -0.25) is 24.0 Å². The van der Waals surface area contributed by atoms with Crippen LogP contribution in [0.2, 0.25) is 0 Å². The van der Waals surface area contributed by atoms with Crippen LogP contribution in [0, 0.1) is 10.7 Å². The number of ether oxygens (including phenoxy) is 2. The van der Waals surface area contributed by atoms with E-state index in [2.05, 4.69) is 11.9 Å². The lowest BCUT2D eigenvalue weighted by Gasteiger charge is -2.23. The molecule has 0 spiro atoms. The van der Waals surface area contributed by atoms with Crippen molar-refractivity contribution in [1.29, 1.82) is 0 Å². The van der Waals surface area contributed by atoms with Crippen LogP contribution in [0.1, 0.15) is 34.6 Å². The van der Waals surface area contributed by atoms with Crippen molar-refractivity contribution in [1.82, 2.24) is 4.90 Å². The number of carbonyl (C=O) groups is 5. The smallest absolute Gasteiger partial charge is 0.303 e. The normalized spacial score (nSPS) is 11.2. The predicted molar refractivity (Wildman–Crippen MR) is 143 cm³/mol. The number of rotatable bonds is 9. The Morgan fingerprint density at radius 2 is 1.62 bits per heavy atom. The van der Waals surface area contributed by atoms with Crippen molar-refractivity contribution < 1.29 is 33.4 Å². The lowest BCUT2D eigenvalue weighted by molar-refractivity contribution is -0.160. The van der Waals surface area contributed by atoms with E-state index in [9.17, 15) is 24.0 Å². The maximum atomic E-state index is 13.0. The molecule has 1 aromatic rings. The topological polar surface area (TPSA) is 119 Å². The lowest BCUT2D eigenvalue weighted by atomic mass is 10.1. The molecule has 0 fully saturated rings. The Hall–Kier alpha value is -1.01. The summed E-state index contributed by atoms with van der Waals surface area (Å²) < 4.78 is 10.7. The maximum absolute atomic E-state index is 13.0. The number of anilines is 1. The zero-order chi connectivity index (χ0) is 24.7. The molecule has 0 bridgehead atoms. The van der Waals surface area contributed by atoms with Gasteiger partial charge >= 0.3 is 11.9 Å². The first-order valence-electron chi connectivity index (χ1n) is 8.71. The van der Waals surface area contributed by atoms with Crippen LogP contribution >= 0.6 is 79.4 Å². The van der Waals surface area contributed by atoms with E-state index in [1.165, 1.54) is 4.90 Å². The van der Waals surface area contributed by atoms with Gasteiger partial charge in [-0.1, -0.05) is 6.08 Å². The molecule has 13 heteroatoms. The summed E-state index contributed by atoms with van der Waals surface area (Å²) in [5.41, 5.74) is 0.346. The first-order chi connectivity index (χ1) is 14.8. The van der Waals surface area contributed by atoms with Gasteiger partial charge in [0.25, 0.3) is 17.1 Å². The SMILES string of the molecule is C=CCN(C)C(=O)c1c(I)c(NC(=O)C(COC(C)=O)OC(C)=O)c(I)c(C(=O)Cl)c1I. The minimum Gasteiger partial charge on any atom is -0.461 e. The molecule has 0 aromatic heterocycles. The Morgan fingerprint density at radius 1 is 1.06 bits per heavy atom. The highest BCUT2D eigenvalue weighted by atomic mass is 127. The number of amides is 2. The standard InChI is InChI=1S/C19H18ClI3N2O7/c1-5-6-25(4)19(30)12-13(21)11(17(20)28)14(22)16(15(12)23)24-18(29)10(32-9(3)27)7-31-8(2)26/h5,10H,1,6-7H2,2-4H3,(H,24,29). The Morgan fingerprint density at radius 3 is 2.09 bits per heavy atom. The van der Waals surface area contributed by atoms with Crippen molar-refractivity contribution in [3.8, 4) is 0 Å². The first kappa shape index (κ1) is 29.0. The largest absolute Gasteiger partial charge is 0.461 e. The Balaban J connectivity index is 3.57. The van der Waals surface area contributed by atoms with Crippen LogP contribution in [0.5, 0.6) is 0 Å². The summed E-state index contributed by atoms with van der Waals surface area (Å²) in [6.07, 6.45) is 0.0966. The molecule has 2 amide bonds. The van der Waals surface area contributed by atoms with E-state index in [-0.39, 0.29) is 23.4 Å². The molecule has 0 radical (unpaired) electrons. The fourth-order valence-electron chi connectivity index (χ4n) is 2.36. The summed E-state index contributed by atoms with van der Waals surface area (Å²) in [5, 5.41) is 1.75. The van der Waals surface area contributed by atoms with Gasteiger partial charge in [0, 0.05) is 31.0 Å². The fourth-order valence-corrected chi connectivity index (χ4v) is 7.26. The number of benzene rings is 1. The first-order valence-corrected chi connectivity index (χ1v) is 12.3. The van der Waals surface area contributed by atoms with Crippen LogP contribution in [-0.4, -0.2) is 60.2 Å². The van der Waals surface area contributed by atoms with E-state index >= 15 is 0 Å². The number of esters is 2. The molecule has 1 aromatic carbocycles. The van der Waals surface area contributed by atoms with Crippen LogP contribution < -0.4 is 5.32 Å². The van der Waals surface area contributed by atoms with Gasteiger partial charge in [0.1, 0.15) is 6.61 Å². The average molecular weight is 803 g/mol. The zero-order valence-corrected chi connectivity index (χ0v) is 24.3. The lowest BCUT2D eigenvalue weighted by Crippen LogP contribution is -2.37. The van der Waals surface area contributed by atoms with Gasteiger partial charge in [-0.15, -0.1) is 6.58 Å². The number of nitrogens with zero attached hydrogens (tertiary/aromatic N) is 1. The highest BCUT2D eigenvalue weighted by Gasteiger charge is 2.31. The van der Waals surface area contributed by atoms with Crippen LogP contribution in [0.25, 0.3) is 0 Å². The third-order valence-corrected chi connectivity index (χ3v) is 7.19. The molecule has 0 saturated carbocycles. The minimum absolute atomic E-state index is 0.0444. The molecule has 1 N–H and O–H groups in total. The fraction of sp³-hybridized carbons (Fsp3) is 0.316. The van der Waals surface area contributed by atoms with E-state index < -0.39 is 41.7 Å². The Kier molecular flexibility index (Phi) is 11.8. The number of hydrogen-bond donors (Lipinski definition) is 1. The second kappa shape index (κ2) is 13.0. The van der Waals surface area contributed by atoms with E-state index in [4.69, 9.17) is 21.1 Å². The van der Waals surface area contributed by atoms with Gasteiger partial charge in [-0.05, 0) is 79.4 Å². The molecule has 0 heterocycles. The van der Waals surface area contributed by atoms with Crippen LogP contribution in [0.3, 0.4) is 0 Å². The van der Waals surface area contributed by atoms with Gasteiger partial charge in [0.05, 0.1) is 24.0 Å². The zero-order valence-electron chi connectivity index (χ0n) is 17.1. The van der Waals surface area contributed by atoms with Crippen LogP contribution in [-0.2, 0) is 23.9 Å². The quantitative estimate of drug-likeness (QED) is 0.176. The molecule has 1 atom stereocenters. The number of halogens is 4. The number of nitrogens with one attached hydrogen (secondary N) is 1. The van der Waals surface area contributed by atoms with Crippen LogP contribution in [0.15, 0.2) is 12.7 Å². The molecule has 0 aliphatic rings. The second-order valence-corrected chi connectivity index (χ2v) is 9.78. The number of carbonyl (C=O) groups excluding carboxylic acids is 5. The van der Waals surface area contributed by atoms with Crippen molar-refractivity contribution in [2.75, 3.05) is 25.5 Å². The van der Waals surface area contributed by atoms with Gasteiger partial charge in [-0.2, -0.15) is 0 Å². The summed E-state index contributed by atoms with van der Waals surface area (Å²) in [5.74, 6) is -2.66. The summed E-state index contributed by atoms with van der Waals surface area (Å²) >= 11 is 11.3. The van der Waals surface area contributed by atoms with Gasteiger partial charge < -0.3 is 19.7 Å². The van der Waals surface area contributed by atoms with E-state index in [1.807, 2.05) is 67.8 Å². The summed E-state index contributed by atoms with van der Waals surface area (Å²) in [7, 11) is 1.56. The molecule has 0 saturated heterocycles. The van der Waals surface area contributed by atoms with Crippen molar-refractivity contribution in [3.05, 3.63) is 34.5 Å². The van der Waals surface area contributed by atoms with Crippen molar-refractivity contribution >= 4 is 114 Å². The molecule has 32 heavy (non-hydrogen) atoms. The van der Waals surface area contributed by atoms with E-state index in [1.54, 1.807) is 13.1 Å². The predicted octanol–water partition coefficient (Wildman–Crippen LogP) is 3.57. The highest BCUT2D eigenvalue weighted by Crippen LogP contribution is 2.37. The molecular weight excluding hydrogens is 784 g/mol. The van der Waals surface area contributed by atoms with E-state index in [0.29, 0.717) is 10.7 Å². The summed E-state index contributed by atoms with van der Waals surface area (Å²) in [6, 6.07) is 0. The van der Waals surface area contributed by atoms with Gasteiger partial charge in [0.2, 0.25) is 6.10 Å². The third-order valence-electron chi connectivity index (χ3n) is 3.76. The maximum Gasteiger partial charge on any atom is 0.303 e. The highest BCUT2D eigenvalue weighted by molar-refractivity contribution is 14.1. The minimum atomic E-state index is -1.44. The van der Waals surface area contributed by atoms with Gasteiger partial charge in [0.15, 0.2) is 0 Å². The van der Waals surface area contributed by atoms with Gasteiger partial charge in [-0.25, -0.2) is 0 Å². The van der Waals surface area contributed by atoms with Crippen LogP contribution in [0.4, 0.5) is 5.69 Å². The Bertz CT molecular complexity index is 984. The van der Waals surface area contributed by atoms with E-state index in [0.717, 1.165) is 13.8 Å². The summed E-state index contributed by atoms with van der Waals surface area (Å²) in [4.78, 5) is 61.9. The summed E-state index contributed by atoms with van der Waals surface area (Å²) in [6.45, 7) is 5.59.